The number of carbonyl (C=O) groups excluding carboxylic acids is 1. The molecule has 0 spiro atoms. The van der Waals surface area contributed by atoms with Crippen LogP contribution in [0.4, 0.5) is 5.69 Å². The zero-order chi connectivity index (χ0) is 11.5. The lowest BCUT2D eigenvalue weighted by molar-refractivity contribution is -0.118. The van der Waals surface area contributed by atoms with Gasteiger partial charge in [-0.2, -0.15) is 0 Å². The molecule has 1 aromatic carbocycles. The predicted molar refractivity (Wildman–Crippen MR) is 66.3 cm³/mol. The predicted octanol–water partition coefficient (Wildman–Crippen LogP) is 2.32. The monoisotopic (exact) mass is 258 g/mol. The lowest BCUT2D eigenvalue weighted by Gasteiger charge is -2.20. The lowest BCUT2D eigenvalue weighted by Crippen LogP contribution is -2.32. The van der Waals surface area contributed by atoms with Crippen molar-refractivity contribution in [1.29, 1.82) is 0 Å². The lowest BCUT2D eigenvalue weighted by atomic mass is 10.2. The van der Waals surface area contributed by atoms with Crippen molar-refractivity contribution < 1.29 is 4.79 Å². The third-order valence-corrected chi connectivity index (χ3v) is 2.92. The summed E-state index contributed by atoms with van der Waals surface area (Å²) in [6.07, 6.45) is 0.504. The van der Waals surface area contributed by atoms with Crippen molar-refractivity contribution in [3.63, 3.8) is 0 Å². The molecule has 1 amide bonds. The topological polar surface area (TPSA) is 32.3 Å². The van der Waals surface area contributed by atoms with E-state index < -0.39 is 0 Å². The first-order valence-corrected chi connectivity index (χ1v) is 5.89. The Kier molecular flexibility index (Phi) is 3.69. The van der Waals surface area contributed by atoms with Gasteiger partial charge in [-0.25, -0.2) is 0 Å². The van der Waals surface area contributed by atoms with Crippen molar-refractivity contribution in [2.75, 3.05) is 24.5 Å². The summed E-state index contributed by atoms with van der Waals surface area (Å²) >= 11 is 11.8. The molecule has 0 unspecified atom stereocenters. The Labute approximate surface area is 104 Å². The maximum atomic E-state index is 11.8. The van der Waals surface area contributed by atoms with Crippen LogP contribution in [0.25, 0.3) is 0 Å². The number of hydrogen-bond acceptors (Lipinski definition) is 2. The SMILES string of the molecule is O=C1CCNCCN1c1cc(Cl)cc(Cl)c1. The molecule has 0 aromatic heterocycles. The van der Waals surface area contributed by atoms with E-state index in [0.29, 0.717) is 23.0 Å². The van der Waals surface area contributed by atoms with Crippen LogP contribution in [0, 0.1) is 0 Å². The molecule has 2 rings (SSSR count). The van der Waals surface area contributed by atoms with E-state index in [2.05, 4.69) is 5.32 Å². The molecule has 0 aliphatic carbocycles. The Hall–Kier alpha value is -0.770. The first kappa shape index (κ1) is 11.7. The molecular formula is C11H12Cl2N2O. The summed E-state index contributed by atoms with van der Waals surface area (Å²) in [6.45, 7) is 2.16. The average molecular weight is 259 g/mol. The number of anilines is 1. The van der Waals surface area contributed by atoms with Gasteiger partial charge >= 0.3 is 0 Å². The number of benzene rings is 1. The van der Waals surface area contributed by atoms with E-state index in [1.54, 1.807) is 23.1 Å². The van der Waals surface area contributed by atoms with E-state index in [4.69, 9.17) is 23.2 Å². The Morgan fingerprint density at radius 2 is 1.81 bits per heavy atom. The van der Waals surface area contributed by atoms with Crippen LogP contribution in [0.3, 0.4) is 0 Å². The summed E-state index contributed by atoms with van der Waals surface area (Å²) in [7, 11) is 0. The molecule has 0 bridgehead atoms. The first-order valence-electron chi connectivity index (χ1n) is 5.14. The highest BCUT2D eigenvalue weighted by Gasteiger charge is 2.18. The molecule has 16 heavy (non-hydrogen) atoms. The van der Waals surface area contributed by atoms with Crippen LogP contribution < -0.4 is 10.2 Å². The van der Waals surface area contributed by atoms with Crippen LogP contribution in [0.15, 0.2) is 18.2 Å². The van der Waals surface area contributed by atoms with Gasteiger partial charge in [0.15, 0.2) is 0 Å². The highest BCUT2D eigenvalue weighted by molar-refractivity contribution is 6.35. The molecule has 0 saturated carbocycles. The van der Waals surface area contributed by atoms with E-state index in [1.165, 1.54) is 0 Å². The number of nitrogens with one attached hydrogen (secondary N) is 1. The molecule has 1 heterocycles. The zero-order valence-corrected chi connectivity index (χ0v) is 10.2. The second kappa shape index (κ2) is 5.04. The normalized spacial score (nSPS) is 17.4. The van der Waals surface area contributed by atoms with Crippen molar-refractivity contribution in [1.82, 2.24) is 5.32 Å². The third-order valence-electron chi connectivity index (χ3n) is 2.49. The van der Waals surface area contributed by atoms with Gasteiger partial charge in [-0.3, -0.25) is 4.79 Å². The smallest absolute Gasteiger partial charge is 0.228 e. The molecule has 3 nitrogen and oxygen atoms in total. The minimum atomic E-state index is 0.100. The standard InChI is InChI=1S/C11H12Cl2N2O/c12-8-5-9(13)7-10(6-8)15-4-3-14-2-1-11(15)16/h5-7,14H,1-4H2. The number of hydrogen-bond donors (Lipinski definition) is 1. The van der Waals surface area contributed by atoms with Gasteiger partial charge in [0.1, 0.15) is 0 Å². The Morgan fingerprint density at radius 3 is 2.50 bits per heavy atom. The summed E-state index contributed by atoms with van der Waals surface area (Å²) in [5.41, 5.74) is 0.770. The Balaban J connectivity index is 2.30. The van der Waals surface area contributed by atoms with Gasteiger partial charge in [-0.15, -0.1) is 0 Å². The number of carbonyl (C=O) groups is 1. The molecule has 5 heteroatoms. The van der Waals surface area contributed by atoms with Crippen molar-refractivity contribution >= 4 is 34.8 Å². The fourth-order valence-corrected chi connectivity index (χ4v) is 2.25. The highest BCUT2D eigenvalue weighted by atomic mass is 35.5. The van der Waals surface area contributed by atoms with Crippen LogP contribution in [0.5, 0.6) is 0 Å². The van der Waals surface area contributed by atoms with Crippen LogP contribution >= 0.6 is 23.2 Å². The summed E-state index contributed by atoms with van der Waals surface area (Å²) in [6, 6.07) is 5.18. The maximum absolute atomic E-state index is 11.8. The van der Waals surface area contributed by atoms with Gasteiger partial charge in [-0.05, 0) is 18.2 Å². The molecule has 0 atom stereocenters. The van der Waals surface area contributed by atoms with Gasteiger partial charge in [0.05, 0.1) is 0 Å². The largest absolute Gasteiger partial charge is 0.314 e. The Morgan fingerprint density at radius 1 is 1.12 bits per heavy atom. The van der Waals surface area contributed by atoms with Gasteiger partial charge in [-0.1, -0.05) is 23.2 Å². The summed E-state index contributed by atoms with van der Waals surface area (Å²) in [5.74, 6) is 0.100. The minimum Gasteiger partial charge on any atom is -0.314 e. The Bertz CT molecular complexity index is 389. The van der Waals surface area contributed by atoms with Gasteiger partial charge < -0.3 is 10.2 Å². The van der Waals surface area contributed by atoms with E-state index in [1.807, 2.05) is 0 Å². The van der Waals surface area contributed by atoms with Crippen LogP contribution in [-0.2, 0) is 4.79 Å². The summed E-state index contributed by atoms with van der Waals surface area (Å²) in [4.78, 5) is 13.6. The van der Waals surface area contributed by atoms with Gasteiger partial charge in [0, 0.05) is 41.8 Å². The average Bonchev–Trinajstić information content (AvgIpc) is 2.41. The van der Waals surface area contributed by atoms with Crippen molar-refractivity contribution in [3.8, 4) is 0 Å². The van der Waals surface area contributed by atoms with Crippen molar-refractivity contribution in [3.05, 3.63) is 28.2 Å². The molecule has 1 saturated heterocycles. The third kappa shape index (κ3) is 2.67. The molecule has 1 aromatic rings. The number of amides is 1. The minimum absolute atomic E-state index is 0.100. The van der Waals surface area contributed by atoms with Crippen molar-refractivity contribution in [2.24, 2.45) is 0 Å². The van der Waals surface area contributed by atoms with Crippen LogP contribution in [-0.4, -0.2) is 25.5 Å². The highest BCUT2D eigenvalue weighted by Crippen LogP contribution is 2.26. The molecule has 1 N–H and O–H groups in total. The van der Waals surface area contributed by atoms with Gasteiger partial charge in [0.25, 0.3) is 0 Å². The fraction of sp³-hybridized carbons (Fsp3) is 0.364. The van der Waals surface area contributed by atoms with Gasteiger partial charge in [0.2, 0.25) is 5.91 Å². The van der Waals surface area contributed by atoms with Crippen LogP contribution in [0.1, 0.15) is 6.42 Å². The molecule has 1 aliphatic heterocycles. The zero-order valence-electron chi connectivity index (χ0n) is 8.67. The quantitative estimate of drug-likeness (QED) is 0.839. The number of halogens is 2. The van der Waals surface area contributed by atoms with Crippen molar-refractivity contribution in [2.45, 2.75) is 6.42 Å². The van der Waals surface area contributed by atoms with Crippen LogP contribution in [0.2, 0.25) is 10.0 Å². The molecule has 1 aliphatic rings. The second-order valence-electron chi connectivity index (χ2n) is 3.67. The number of nitrogens with zero attached hydrogens (tertiary/aromatic N) is 1. The maximum Gasteiger partial charge on any atom is 0.228 e. The fourth-order valence-electron chi connectivity index (χ4n) is 1.74. The number of rotatable bonds is 1. The molecular weight excluding hydrogens is 247 g/mol. The molecule has 86 valence electrons. The van der Waals surface area contributed by atoms with E-state index in [9.17, 15) is 4.79 Å². The molecule has 0 radical (unpaired) electrons. The molecule has 1 fully saturated rings. The first-order chi connectivity index (χ1) is 7.66. The van der Waals surface area contributed by atoms with E-state index in [0.717, 1.165) is 18.8 Å². The summed E-state index contributed by atoms with van der Waals surface area (Å²) in [5, 5.41) is 4.28. The second-order valence-corrected chi connectivity index (χ2v) is 4.55. The van der Waals surface area contributed by atoms with E-state index in [-0.39, 0.29) is 5.91 Å². The van der Waals surface area contributed by atoms with E-state index >= 15 is 0 Å². The summed E-state index contributed by atoms with van der Waals surface area (Å²) < 4.78 is 0.